The fraction of sp³-hybridized carbons (Fsp3) is 0.308. The second-order valence-electron chi connectivity index (χ2n) is 3.62. The van der Waals surface area contributed by atoms with Crippen molar-refractivity contribution in [3.63, 3.8) is 0 Å². The van der Waals surface area contributed by atoms with E-state index in [1.54, 1.807) is 0 Å². The number of aromatic nitrogens is 1. The molecule has 0 radical (unpaired) electrons. The van der Waals surface area contributed by atoms with Gasteiger partial charge in [-0.05, 0) is 32.0 Å². The lowest BCUT2D eigenvalue weighted by Crippen LogP contribution is -1.91. The summed E-state index contributed by atoms with van der Waals surface area (Å²) in [6.45, 7) is 4.45. The Morgan fingerprint density at radius 3 is 2.88 bits per heavy atom. The Balaban J connectivity index is 2.34. The van der Waals surface area contributed by atoms with E-state index in [2.05, 4.69) is 4.98 Å². The predicted molar refractivity (Wildman–Crippen MR) is 67.4 cm³/mol. The minimum Gasteiger partial charge on any atom is -0.494 e. The van der Waals surface area contributed by atoms with Gasteiger partial charge in [-0.3, -0.25) is 0 Å². The van der Waals surface area contributed by atoms with Crippen LogP contribution in [0.25, 0.3) is 11.5 Å². The van der Waals surface area contributed by atoms with Crippen LogP contribution in [-0.2, 0) is 5.88 Å². The average Bonchev–Trinajstić information content (AvgIpc) is 2.71. The lowest BCUT2D eigenvalue weighted by atomic mass is 10.2. The summed E-state index contributed by atoms with van der Waals surface area (Å²) in [6.07, 6.45) is 0. The molecule has 2 aromatic rings. The largest absolute Gasteiger partial charge is 0.494 e. The van der Waals surface area contributed by atoms with Crippen molar-refractivity contribution in [2.75, 3.05) is 6.61 Å². The Labute approximate surface area is 105 Å². The van der Waals surface area contributed by atoms with Crippen LogP contribution in [0, 0.1) is 6.92 Å². The van der Waals surface area contributed by atoms with E-state index in [0.29, 0.717) is 18.4 Å². The predicted octanol–water partition coefficient (Wildman–Crippen LogP) is 3.79. The van der Waals surface area contributed by atoms with Crippen molar-refractivity contribution >= 4 is 11.6 Å². The van der Waals surface area contributed by atoms with Crippen molar-refractivity contribution in [1.29, 1.82) is 0 Å². The van der Waals surface area contributed by atoms with Crippen molar-refractivity contribution in [2.45, 2.75) is 19.7 Å². The maximum atomic E-state index is 5.77. The van der Waals surface area contributed by atoms with Crippen LogP contribution in [-0.4, -0.2) is 11.6 Å². The highest BCUT2D eigenvalue weighted by molar-refractivity contribution is 6.16. The first kappa shape index (κ1) is 12.0. The van der Waals surface area contributed by atoms with Crippen LogP contribution < -0.4 is 4.74 Å². The van der Waals surface area contributed by atoms with Crippen LogP contribution in [0.15, 0.2) is 28.7 Å². The van der Waals surface area contributed by atoms with Crippen LogP contribution in [0.3, 0.4) is 0 Å². The fourth-order valence-electron chi connectivity index (χ4n) is 1.56. The summed E-state index contributed by atoms with van der Waals surface area (Å²) in [7, 11) is 0. The summed E-state index contributed by atoms with van der Waals surface area (Å²) in [5, 5.41) is 0. The zero-order valence-corrected chi connectivity index (χ0v) is 10.6. The van der Waals surface area contributed by atoms with Gasteiger partial charge in [0.05, 0.1) is 18.2 Å². The quantitative estimate of drug-likeness (QED) is 0.776. The maximum absolute atomic E-state index is 5.77. The molecule has 0 aliphatic rings. The Morgan fingerprint density at radius 1 is 1.41 bits per heavy atom. The molecule has 2 rings (SSSR count). The van der Waals surface area contributed by atoms with Gasteiger partial charge in [0.25, 0.3) is 0 Å². The number of hydrogen-bond donors (Lipinski definition) is 0. The highest BCUT2D eigenvalue weighted by Crippen LogP contribution is 2.25. The van der Waals surface area contributed by atoms with E-state index in [0.717, 1.165) is 22.8 Å². The van der Waals surface area contributed by atoms with E-state index in [4.69, 9.17) is 20.8 Å². The number of hydrogen-bond acceptors (Lipinski definition) is 3. The molecule has 0 saturated carbocycles. The van der Waals surface area contributed by atoms with Crippen LogP contribution >= 0.6 is 11.6 Å². The first-order valence-corrected chi connectivity index (χ1v) is 6.03. The molecule has 0 saturated heterocycles. The Kier molecular flexibility index (Phi) is 3.69. The van der Waals surface area contributed by atoms with E-state index < -0.39 is 0 Å². The van der Waals surface area contributed by atoms with E-state index in [9.17, 15) is 0 Å². The van der Waals surface area contributed by atoms with Gasteiger partial charge >= 0.3 is 0 Å². The van der Waals surface area contributed by atoms with Gasteiger partial charge < -0.3 is 9.15 Å². The molecule has 0 N–H and O–H groups in total. The number of ether oxygens (including phenoxy) is 1. The van der Waals surface area contributed by atoms with Crippen LogP contribution in [0.4, 0.5) is 0 Å². The Bertz CT molecular complexity index is 508. The molecule has 1 aromatic carbocycles. The molecule has 4 heteroatoms. The molecule has 0 unspecified atom stereocenters. The summed E-state index contributed by atoms with van der Waals surface area (Å²) in [6, 6.07) is 7.67. The second kappa shape index (κ2) is 5.23. The van der Waals surface area contributed by atoms with Gasteiger partial charge in [-0.25, -0.2) is 4.98 Å². The monoisotopic (exact) mass is 251 g/mol. The van der Waals surface area contributed by atoms with Crippen molar-refractivity contribution in [3.05, 3.63) is 35.7 Å². The zero-order valence-electron chi connectivity index (χ0n) is 9.87. The number of rotatable bonds is 4. The molecular weight excluding hydrogens is 238 g/mol. The van der Waals surface area contributed by atoms with Crippen LogP contribution in [0.1, 0.15) is 18.4 Å². The minimum absolute atomic E-state index is 0.362. The minimum atomic E-state index is 0.362. The van der Waals surface area contributed by atoms with E-state index in [-0.39, 0.29) is 0 Å². The molecule has 0 bridgehead atoms. The highest BCUT2D eigenvalue weighted by atomic mass is 35.5. The van der Waals surface area contributed by atoms with Crippen molar-refractivity contribution in [2.24, 2.45) is 0 Å². The molecule has 0 fully saturated rings. The first-order valence-electron chi connectivity index (χ1n) is 5.50. The second-order valence-corrected chi connectivity index (χ2v) is 3.88. The van der Waals surface area contributed by atoms with E-state index in [1.807, 2.05) is 38.1 Å². The SMILES string of the molecule is CCOc1cccc(-c2nc(CCl)c(C)o2)c1. The number of oxazole rings is 1. The van der Waals surface area contributed by atoms with Crippen LogP contribution in [0.5, 0.6) is 5.75 Å². The van der Waals surface area contributed by atoms with E-state index >= 15 is 0 Å². The molecule has 1 aromatic heterocycles. The van der Waals surface area contributed by atoms with Gasteiger partial charge in [0, 0.05) is 5.56 Å². The molecule has 3 nitrogen and oxygen atoms in total. The van der Waals surface area contributed by atoms with Crippen molar-refractivity contribution in [3.8, 4) is 17.2 Å². The average molecular weight is 252 g/mol. The van der Waals surface area contributed by atoms with Gasteiger partial charge in [-0.2, -0.15) is 0 Å². The lowest BCUT2D eigenvalue weighted by Gasteiger charge is -2.03. The number of nitrogens with zero attached hydrogens (tertiary/aromatic N) is 1. The summed E-state index contributed by atoms with van der Waals surface area (Å²) >= 11 is 5.77. The Morgan fingerprint density at radius 2 is 2.24 bits per heavy atom. The van der Waals surface area contributed by atoms with Crippen molar-refractivity contribution < 1.29 is 9.15 Å². The molecule has 1 heterocycles. The van der Waals surface area contributed by atoms with Gasteiger partial charge in [-0.1, -0.05) is 6.07 Å². The smallest absolute Gasteiger partial charge is 0.226 e. The lowest BCUT2D eigenvalue weighted by molar-refractivity contribution is 0.340. The molecule has 0 amide bonds. The summed E-state index contributed by atoms with van der Waals surface area (Å²) in [5.74, 6) is 2.52. The highest BCUT2D eigenvalue weighted by Gasteiger charge is 2.10. The molecule has 0 spiro atoms. The molecule has 0 atom stereocenters. The molecular formula is C13H14ClNO2. The number of benzene rings is 1. The summed E-state index contributed by atoms with van der Waals surface area (Å²) < 4.78 is 11.0. The normalized spacial score (nSPS) is 10.5. The summed E-state index contributed by atoms with van der Waals surface area (Å²) in [4.78, 5) is 4.35. The number of alkyl halides is 1. The zero-order chi connectivity index (χ0) is 12.3. The first-order chi connectivity index (χ1) is 8.24. The fourth-order valence-corrected chi connectivity index (χ4v) is 1.81. The van der Waals surface area contributed by atoms with Crippen LogP contribution in [0.2, 0.25) is 0 Å². The van der Waals surface area contributed by atoms with Crippen molar-refractivity contribution in [1.82, 2.24) is 4.98 Å². The number of halogens is 1. The Hall–Kier alpha value is -1.48. The third kappa shape index (κ3) is 2.61. The number of aryl methyl sites for hydroxylation is 1. The molecule has 17 heavy (non-hydrogen) atoms. The molecule has 0 aliphatic carbocycles. The van der Waals surface area contributed by atoms with E-state index in [1.165, 1.54) is 0 Å². The van der Waals surface area contributed by atoms with Gasteiger partial charge in [0.2, 0.25) is 5.89 Å². The third-order valence-corrected chi connectivity index (χ3v) is 2.66. The van der Waals surface area contributed by atoms with Gasteiger partial charge in [-0.15, -0.1) is 11.6 Å². The van der Waals surface area contributed by atoms with Gasteiger partial charge in [0.15, 0.2) is 0 Å². The topological polar surface area (TPSA) is 35.3 Å². The third-order valence-electron chi connectivity index (χ3n) is 2.41. The van der Waals surface area contributed by atoms with Gasteiger partial charge in [0.1, 0.15) is 11.5 Å². The molecule has 0 aliphatic heterocycles. The standard InChI is InChI=1S/C13H14ClNO2/c1-3-16-11-6-4-5-10(7-11)13-15-12(8-14)9(2)17-13/h4-7H,3,8H2,1-2H3. The maximum Gasteiger partial charge on any atom is 0.226 e. The summed E-state index contributed by atoms with van der Waals surface area (Å²) in [5.41, 5.74) is 1.68. The molecule has 90 valence electrons.